The monoisotopic (exact) mass is 317 g/mol. The zero-order chi connectivity index (χ0) is 16.6. The van der Waals surface area contributed by atoms with Crippen LogP contribution in [0.2, 0.25) is 0 Å². The number of rotatable bonds is 1. The standard InChI is InChI=1S/C17H19NO5/c1-9-11(8-23-14(9)21)18-10(2)13(20)17(15(18)22)6-5-16(3-4-16)7-12(17)19/h10H,3-8H2,1-2H3/t10-,17?/m1/s1. The van der Waals surface area contributed by atoms with E-state index in [0.29, 0.717) is 24.1 Å². The number of likely N-dealkylation sites (tertiary alicyclic amines) is 1. The molecule has 4 rings (SSSR count). The van der Waals surface area contributed by atoms with Gasteiger partial charge >= 0.3 is 5.97 Å². The first-order valence-electron chi connectivity index (χ1n) is 8.11. The fraction of sp³-hybridized carbons (Fsp3) is 0.647. The van der Waals surface area contributed by atoms with Crippen LogP contribution >= 0.6 is 0 Å². The summed E-state index contributed by atoms with van der Waals surface area (Å²) in [5.41, 5.74) is -0.693. The maximum Gasteiger partial charge on any atom is 0.336 e. The van der Waals surface area contributed by atoms with Gasteiger partial charge in [-0.3, -0.25) is 14.4 Å². The number of hydrogen-bond donors (Lipinski definition) is 0. The van der Waals surface area contributed by atoms with E-state index in [4.69, 9.17) is 4.74 Å². The summed E-state index contributed by atoms with van der Waals surface area (Å²) in [6, 6.07) is -0.723. The van der Waals surface area contributed by atoms with E-state index in [9.17, 15) is 19.2 Å². The van der Waals surface area contributed by atoms with E-state index in [1.54, 1.807) is 13.8 Å². The predicted molar refractivity (Wildman–Crippen MR) is 77.9 cm³/mol. The molecule has 3 fully saturated rings. The molecule has 23 heavy (non-hydrogen) atoms. The SMILES string of the molecule is CC1=C(N2C(=O)C3(CCC4(CC4)CC3=O)C(=O)[C@H]2C)COC1=O. The van der Waals surface area contributed by atoms with Gasteiger partial charge in [-0.1, -0.05) is 0 Å². The average Bonchev–Trinajstić information content (AvgIpc) is 3.15. The van der Waals surface area contributed by atoms with Crippen molar-refractivity contribution in [3.8, 4) is 0 Å². The summed E-state index contributed by atoms with van der Waals surface area (Å²) >= 11 is 0. The second-order valence-corrected chi connectivity index (χ2v) is 7.37. The molecule has 2 aliphatic carbocycles. The summed E-state index contributed by atoms with van der Waals surface area (Å²) in [6.07, 6.45) is 3.43. The number of ketones is 2. The predicted octanol–water partition coefficient (Wildman–Crippen LogP) is 1.14. The summed E-state index contributed by atoms with van der Waals surface area (Å²) < 4.78 is 4.96. The number of amides is 1. The molecule has 2 aliphatic heterocycles. The lowest BCUT2D eigenvalue weighted by Gasteiger charge is -2.33. The Morgan fingerprint density at radius 2 is 1.74 bits per heavy atom. The first-order valence-corrected chi connectivity index (χ1v) is 8.11. The highest BCUT2D eigenvalue weighted by Crippen LogP contribution is 2.60. The molecule has 2 heterocycles. The smallest absolute Gasteiger partial charge is 0.336 e. The van der Waals surface area contributed by atoms with Crippen LogP contribution in [0.3, 0.4) is 0 Å². The summed E-state index contributed by atoms with van der Waals surface area (Å²) in [7, 11) is 0. The molecule has 4 aliphatic rings. The third-order valence-electron chi connectivity index (χ3n) is 6.14. The van der Waals surface area contributed by atoms with Crippen LogP contribution in [0.5, 0.6) is 0 Å². The molecule has 0 bridgehead atoms. The van der Waals surface area contributed by atoms with Gasteiger partial charge in [-0.05, 0) is 44.9 Å². The van der Waals surface area contributed by atoms with Crippen molar-refractivity contribution in [2.24, 2.45) is 10.8 Å². The Hall–Kier alpha value is -1.98. The lowest BCUT2D eigenvalue weighted by molar-refractivity contribution is -0.151. The van der Waals surface area contributed by atoms with Gasteiger partial charge in [-0.15, -0.1) is 0 Å². The third-order valence-corrected chi connectivity index (χ3v) is 6.14. The highest BCUT2D eigenvalue weighted by molar-refractivity contribution is 6.29. The van der Waals surface area contributed by atoms with Gasteiger partial charge in [0.1, 0.15) is 6.61 Å². The number of Topliss-reactive ketones (excluding diaryl/α,β-unsaturated/α-hetero) is 2. The van der Waals surface area contributed by atoms with Crippen molar-refractivity contribution in [2.45, 2.75) is 52.0 Å². The Kier molecular flexibility index (Phi) is 2.73. The van der Waals surface area contributed by atoms with E-state index in [0.717, 1.165) is 19.3 Å². The normalized spacial score (nSPS) is 35.7. The van der Waals surface area contributed by atoms with Gasteiger partial charge in [0, 0.05) is 6.42 Å². The minimum atomic E-state index is -1.52. The van der Waals surface area contributed by atoms with Crippen LogP contribution in [-0.2, 0) is 23.9 Å². The molecule has 0 aromatic rings. The number of carbonyl (C=O) groups is 4. The minimum Gasteiger partial charge on any atom is -0.456 e. The Bertz CT molecular complexity index is 702. The quantitative estimate of drug-likeness (QED) is 0.535. The summed E-state index contributed by atoms with van der Waals surface area (Å²) in [5, 5.41) is 0. The molecular weight excluding hydrogens is 298 g/mol. The van der Waals surface area contributed by atoms with E-state index in [1.807, 2.05) is 0 Å². The van der Waals surface area contributed by atoms with E-state index >= 15 is 0 Å². The van der Waals surface area contributed by atoms with Crippen LogP contribution in [-0.4, -0.2) is 41.0 Å². The molecule has 122 valence electrons. The maximum atomic E-state index is 13.1. The Balaban J connectivity index is 1.74. The molecule has 2 spiro atoms. The minimum absolute atomic E-state index is 0.0117. The zero-order valence-electron chi connectivity index (χ0n) is 13.3. The van der Waals surface area contributed by atoms with Gasteiger partial charge in [0.2, 0.25) is 5.91 Å². The number of carbonyl (C=O) groups excluding carboxylic acids is 4. The average molecular weight is 317 g/mol. The van der Waals surface area contributed by atoms with Crippen molar-refractivity contribution in [1.29, 1.82) is 0 Å². The van der Waals surface area contributed by atoms with Crippen molar-refractivity contribution in [3.05, 3.63) is 11.3 Å². The molecule has 0 aromatic heterocycles. The molecule has 0 aromatic carbocycles. The van der Waals surface area contributed by atoms with Gasteiger partial charge in [0.25, 0.3) is 0 Å². The molecule has 0 N–H and O–H groups in total. The second kappa shape index (κ2) is 4.30. The van der Waals surface area contributed by atoms with Crippen LogP contribution in [0, 0.1) is 10.8 Å². The lowest BCUT2D eigenvalue weighted by atomic mass is 9.66. The van der Waals surface area contributed by atoms with Crippen LogP contribution in [0.1, 0.15) is 46.0 Å². The Morgan fingerprint density at radius 1 is 1.09 bits per heavy atom. The number of cyclic esters (lactones) is 1. The fourth-order valence-electron chi connectivity index (χ4n) is 4.30. The topological polar surface area (TPSA) is 80.8 Å². The first kappa shape index (κ1) is 14.6. The van der Waals surface area contributed by atoms with Gasteiger partial charge in [0.05, 0.1) is 17.3 Å². The van der Waals surface area contributed by atoms with Crippen molar-refractivity contribution in [1.82, 2.24) is 4.90 Å². The molecule has 0 radical (unpaired) electrons. The highest BCUT2D eigenvalue weighted by atomic mass is 16.5. The molecule has 1 unspecified atom stereocenters. The van der Waals surface area contributed by atoms with Crippen molar-refractivity contribution in [3.63, 3.8) is 0 Å². The van der Waals surface area contributed by atoms with Crippen molar-refractivity contribution < 1.29 is 23.9 Å². The molecule has 6 heteroatoms. The molecule has 2 atom stereocenters. The summed E-state index contributed by atoms with van der Waals surface area (Å²) in [5.74, 6) is -1.47. The van der Waals surface area contributed by atoms with Gasteiger partial charge in [0.15, 0.2) is 17.0 Å². The number of hydrogen-bond acceptors (Lipinski definition) is 5. The molecule has 1 amide bonds. The molecule has 6 nitrogen and oxygen atoms in total. The molecular formula is C17H19NO5. The Morgan fingerprint density at radius 3 is 2.26 bits per heavy atom. The zero-order valence-corrected chi connectivity index (χ0v) is 13.3. The van der Waals surface area contributed by atoms with Crippen LogP contribution < -0.4 is 0 Å². The van der Waals surface area contributed by atoms with E-state index < -0.39 is 23.3 Å². The second-order valence-electron chi connectivity index (χ2n) is 7.37. The Labute approximate surface area is 133 Å². The molecule has 2 saturated carbocycles. The van der Waals surface area contributed by atoms with E-state index in [1.165, 1.54) is 4.90 Å². The number of ether oxygens (including phenoxy) is 1. The first-order chi connectivity index (χ1) is 10.8. The summed E-state index contributed by atoms with van der Waals surface area (Å²) in [6.45, 7) is 3.21. The lowest BCUT2D eigenvalue weighted by Crippen LogP contribution is -2.48. The van der Waals surface area contributed by atoms with E-state index in [2.05, 4.69) is 0 Å². The van der Waals surface area contributed by atoms with Crippen LogP contribution in [0.15, 0.2) is 11.3 Å². The van der Waals surface area contributed by atoms with Gasteiger partial charge < -0.3 is 9.64 Å². The third kappa shape index (κ3) is 1.69. The summed E-state index contributed by atoms with van der Waals surface area (Å²) in [4.78, 5) is 51.6. The van der Waals surface area contributed by atoms with Gasteiger partial charge in [-0.2, -0.15) is 0 Å². The van der Waals surface area contributed by atoms with Crippen LogP contribution in [0.25, 0.3) is 0 Å². The number of nitrogens with zero attached hydrogens (tertiary/aromatic N) is 1. The number of esters is 1. The van der Waals surface area contributed by atoms with Gasteiger partial charge in [-0.25, -0.2) is 4.79 Å². The van der Waals surface area contributed by atoms with Crippen molar-refractivity contribution in [2.75, 3.05) is 6.61 Å². The largest absolute Gasteiger partial charge is 0.456 e. The fourth-order valence-corrected chi connectivity index (χ4v) is 4.30. The van der Waals surface area contributed by atoms with Crippen LogP contribution in [0.4, 0.5) is 0 Å². The maximum absolute atomic E-state index is 13.1. The van der Waals surface area contributed by atoms with E-state index in [-0.39, 0.29) is 23.6 Å². The van der Waals surface area contributed by atoms with Crippen molar-refractivity contribution >= 4 is 23.4 Å². The highest BCUT2D eigenvalue weighted by Gasteiger charge is 2.67. The molecule has 1 saturated heterocycles.